The summed E-state index contributed by atoms with van der Waals surface area (Å²) in [6, 6.07) is 0. The smallest absolute Gasteiger partial charge is 0.140 e. The molecule has 0 saturated carbocycles. The van der Waals surface area contributed by atoms with Crippen LogP contribution in [0.2, 0.25) is 0 Å². The molecule has 1 heterocycles. The Hall–Kier alpha value is -0.610. The molecule has 0 spiro atoms. The van der Waals surface area contributed by atoms with Gasteiger partial charge in [0, 0.05) is 19.0 Å². The number of alkyl halides is 1. The van der Waals surface area contributed by atoms with Gasteiger partial charge in [-0.1, -0.05) is 6.92 Å². The Bertz CT molecular complexity index is 261. The first-order valence-corrected chi connectivity index (χ1v) is 5.50. The molecular formula is C9H17ClN4. The molecule has 1 aromatic heterocycles. The highest BCUT2D eigenvalue weighted by atomic mass is 35.5. The summed E-state index contributed by atoms with van der Waals surface area (Å²) in [6.45, 7) is 7.78. The van der Waals surface area contributed by atoms with E-state index in [4.69, 9.17) is 11.6 Å². The minimum atomic E-state index is 0.661. The van der Waals surface area contributed by atoms with Gasteiger partial charge < -0.3 is 0 Å². The van der Waals surface area contributed by atoms with Crippen LogP contribution < -0.4 is 0 Å². The van der Waals surface area contributed by atoms with E-state index in [1.807, 2.05) is 4.68 Å². The van der Waals surface area contributed by atoms with Gasteiger partial charge in [0.05, 0.1) is 6.54 Å². The van der Waals surface area contributed by atoms with E-state index in [1.54, 1.807) is 6.33 Å². The minimum Gasteiger partial charge on any atom is -0.295 e. The lowest BCUT2D eigenvalue weighted by Crippen LogP contribution is -2.26. The van der Waals surface area contributed by atoms with Gasteiger partial charge in [0.1, 0.15) is 12.2 Å². The summed E-state index contributed by atoms with van der Waals surface area (Å²) in [5.41, 5.74) is 0. The van der Waals surface area contributed by atoms with E-state index >= 15 is 0 Å². The first kappa shape index (κ1) is 11.5. The van der Waals surface area contributed by atoms with Gasteiger partial charge in [-0.25, -0.2) is 9.67 Å². The monoisotopic (exact) mass is 216 g/mol. The zero-order valence-electron chi connectivity index (χ0n) is 8.78. The summed E-state index contributed by atoms with van der Waals surface area (Å²) in [7, 11) is 0. The number of hydrogen-bond donors (Lipinski definition) is 0. The van der Waals surface area contributed by atoms with Gasteiger partial charge in [-0.05, 0) is 13.5 Å². The molecule has 0 fully saturated rings. The van der Waals surface area contributed by atoms with Gasteiger partial charge in [-0.2, -0.15) is 5.10 Å². The second-order valence-corrected chi connectivity index (χ2v) is 3.43. The number of halogens is 1. The van der Waals surface area contributed by atoms with Crippen LogP contribution in [0.15, 0.2) is 6.33 Å². The molecule has 0 aliphatic heterocycles. The normalized spacial score (nSPS) is 11.1. The van der Waals surface area contributed by atoms with Crippen molar-refractivity contribution in [3.63, 3.8) is 0 Å². The Morgan fingerprint density at radius 1 is 1.50 bits per heavy atom. The van der Waals surface area contributed by atoms with Crippen molar-refractivity contribution in [2.45, 2.75) is 26.9 Å². The number of aromatic nitrogens is 3. The Morgan fingerprint density at radius 2 is 2.29 bits per heavy atom. The molecule has 0 amide bonds. The van der Waals surface area contributed by atoms with Crippen LogP contribution in [-0.2, 0) is 13.1 Å². The van der Waals surface area contributed by atoms with E-state index in [-0.39, 0.29) is 0 Å². The van der Waals surface area contributed by atoms with Crippen molar-refractivity contribution in [1.82, 2.24) is 19.7 Å². The highest BCUT2D eigenvalue weighted by Gasteiger charge is 2.07. The SMILES string of the molecule is CCN(CCCl)Cc1ncnn1CC. The molecule has 0 aromatic carbocycles. The molecule has 14 heavy (non-hydrogen) atoms. The van der Waals surface area contributed by atoms with Crippen molar-refractivity contribution >= 4 is 11.6 Å². The zero-order chi connectivity index (χ0) is 10.4. The van der Waals surface area contributed by atoms with Crippen molar-refractivity contribution in [1.29, 1.82) is 0 Å². The lowest BCUT2D eigenvalue weighted by atomic mass is 10.4. The largest absolute Gasteiger partial charge is 0.295 e. The molecule has 1 rings (SSSR count). The number of aryl methyl sites for hydroxylation is 1. The van der Waals surface area contributed by atoms with Crippen molar-refractivity contribution in [3.05, 3.63) is 12.2 Å². The Kier molecular flexibility index (Phi) is 4.90. The van der Waals surface area contributed by atoms with Crippen molar-refractivity contribution < 1.29 is 0 Å². The van der Waals surface area contributed by atoms with Crippen LogP contribution in [-0.4, -0.2) is 38.6 Å². The lowest BCUT2D eigenvalue weighted by Gasteiger charge is -2.18. The number of hydrogen-bond acceptors (Lipinski definition) is 3. The average molecular weight is 217 g/mol. The summed E-state index contributed by atoms with van der Waals surface area (Å²) >= 11 is 5.70. The second kappa shape index (κ2) is 5.98. The molecule has 0 aliphatic carbocycles. The highest BCUT2D eigenvalue weighted by Crippen LogP contribution is 2.01. The lowest BCUT2D eigenvalue weighted by molar-refractivity contribution is 0.283. The molecule has 0 aliphatic rings. The molecule has 0 bridgehead atoms. The molecule has 0 radical (unpaired) electrons. The quantitative estimate of drug-likeness (QED) is 0.674. The molecular weight excluding hydrogens is 200 g/mol. The average Bonchev–Trinajstić information content (AvgIpc) is 2.64. The van der Waals surface area contributed by atoms with Crippen molar-refractivity contribution in [2.24, 2.45) is 0 Å². The second-order valence-electron chi connectivity index (χ2n) is 3.05. The van der Waals surface area contributed by atoms with Crippen LogP contribution in [0.25, 0.3) is 0 Å². The van der Waals surface area contributed by atoms with Crippen LogP contribution >= 0.6 is 11.6 Å². The fourth-order valence-corrected chi connectivity index (χ4v) is 1.58. The van der Waals surface area contributed by atoms with E-state index in [2.05, 4.69) is 28.8 Å². The van der Waals surface area contributed by atoms with Crippen LogP contribution in [0.5, 0.6) is 0 Å². The summed E-state index contributed by atoms with van der Waals surface area (Å²) in [5, 5.41) is 4.13. The third-order valence-electron chi connectivity index (χ3n) is 2.21. The van der Waals surface area contributed by atoms with Gasteiger partial charge in [-0.15, -0.1) is 11.6 Å². The third-order valence-corrected chi connectivity index (χ3v) is 2.38. The fourth-order valence-electron chi connectivity index (χ4n) is 1.34. The fraction of sp³-hybridized carbons (Fsp3) is 0.778. The van der Waals surface area contributed by atoms with Crippen LogP contribution in [0.1, 0.15) is 19.7 Å². The number of nitrogens with zero attached hydrogens (tertiary/aromatic N) is 4. The van der Waals surface area contributed by atoms with Gasteiger partial charge in [0.15, 0.2) is 0 Å². The predicted octanol–water partition coefficient (Wildman–Crippen LogP) is 1.36. The molecule has 0 unspecified atom stereocenters. The molecule has 4 nitrogen and oxygen atoms in total. The van der Waals surface area contributed by atoms with E-state index in [0.29, 0.717) is 5.88 Å². The van der Waals surface area contributed by atoms with E-state index in [1.165, 1.54) is 0 Å². The predicted molar refractivity (Wildman–Crippen MR) is 57.4 cm³/mol. The summed E-state index contributed by atoms with van der Waals surface area (Å²) < 4.78 is 1.91. The molecule has 5 heteroatoms. The van der Waals surface area contributed by atoms with E-state index < -0.39 is 0 Å². The summed E-state index contributed by atoms with van der Waals surface area (Å²) in [6.07, 6.45) is 1.60. The van der Waals surface area contributed by atoms with Crippen LogP contribution in [0.4, 0.5) is 0 Å². The van der Waals surface area contributed by atoms with Crippen LogP contribution in [0, 0.1) is 0 Å². The zero-order valence-corrected chi connectivity index (χ0v) is 9.54. The molecule has 80 valence electrons. The van der Waals surface area contributed by atoms with E-state index in [9.17, 15) is 0 Å². The minimum absolute atomic E-state index is 0.661. The Balaban J connectivity index is 2.56. The van der Waals surface area contributed by atoms with Gasteiger partial charge in [-0.3, -0.25) is 4.90 Å². The van der Waals surface area contributed by atoms with Gasteiger partial charge in [0.2, 0.25) is 0 Å². The first-order valence-electron chi connectivity index (χ1n) is 4.96. The Labute approximate surface area is 89.9 Å². The summed E-state index contributed by atoms with van der Waals surface area (Å²) in [4.78, 5) is 6.48. The first-order chi connectivity index (χ1) is 6.81. The third kappa shape index (κ3) is 2.96. The van der Waals surface area contributed by atoms with Crippen molar-refractivity contribution in [3.8, 4) is 0 Å². The van der Waals surface area contributed by atoms with Crippen molar-refractivity contribution in [2.75, 3.05) is 19.0 Å². The maximum atomic E-state index is 5.70. The molecule has 0 atom stereocenters. The molecule has 0 N–H and O–H groups in total. The maximum Gasteiger partial charge on any atom is 0.140 e. The Morgan fingerprint density at radius 3 is 2.86 bits per heavy atom. The topological polar surface area (TPSA) is 34.0 Å². The van der Waals surface area contributed by atoms with E-state index in [0.717, 1.165) is 32.0 Å². The maximum absolute atomic E-state index is 5.70. The summed E-state index contributed by atoms with van der Waals surface area (Å²) in [5.74, 6) is 1.67. The standard InChI is InChI=1S/C9H17ClN4/c1-3-13(6-5-10)7-9-11-8-12-14(9)4-2/h8H,3-7H2,1-2H3. The highest BCUT2D eigenvalue weighted by molar-refractivity contribution is 6.18. The van der Waals surface area contributed by atoms with Gasteiger partial charge in [0.25, 0.3) is 0 Å². The van der Waals surface area contributed by atoms with Gasteiger partial charge >= 0.3 is 0 Å². The molecule has 0 saturated heterocycles. The molecule has 1 aromatic rings. The number of rotatable bonds is 6. The van der Waals surface area contributed by atoms with Crippen LogP contribution in [0.3, 0.4) is 0 Å².